The maximum Gasteiger partial charge on any atom is 0.283 e. The van der Waals surface area contributed by atoms with Crippen LogP contribution in [-0.4, -0.2) is 23.2 Å². The smallest absolute Gasteiger partial charge is 0.225 e. The first-order valence-corrected chi connectivity index (χ1v) is 7.54. The molecule has 2 heterocycles. The maximum atomic E-state index is 12.8. The molecule has 8 nitrogen and oxygen atoms in total. The van der Waals surface area contributed by atoms with E-state index in [1.165, 1.54) is 12.1 Å². The van der Waals surface area contributed by atoms with Gasteiger partial charge < -0.3 is 0 Å². The fraction of sp³-hybridized carbons (Fsp3) is 0.0909. The second kappa shape index (κ2) is 5.89. The van der Waals surface area contributed by atoms with Gasteiger partial charge >= 0.3 is 0 Å². The van der Waals surface area contributed by atoms with Crippen LogP contribution in [0.5, 0.6) is 0 Å². The second-order valence-electron chi connectivity index (χ2n) is 4.05. The summed E-state index contributed by atoms with van der Waals surface area (Å²) in [6.07, 6.45) is -3.05. The first kappa shape index (κ1) is 16.8. The number of aromatic nitrogens is 3. The van der Waals surface area contributed by atoms with Crippen LogP contribution in [0.4, 0.5) is 8.78 Å². The van der Waals surface area contributed by atoms with E-state index in [1.807, 2.05) is 0 Å². The molecule has 0 spiro atoms. The number of nitrogens with zero attached hydrogens (tertiary/aromatic N) is 5. The van der Waals surface area contributed by atoms with Crippen LogP contribution in [0.1, 0.15) is 23.4 Å². The van der Waals surface area contributed by atoms with E-state index < -0.39 is 43.4 Å². The van der Waals surface area contributed by atoms with Crippen molar-refractivity contribution in [2.45, 2.75) is 11.3 Å². The fourth-order valence-electron chi connectivity index (χ4n) is 1.68. The number of sulfonamides is 1. The number of primary sulfonamides is 1. The first-order chi connectivity index (χ1) is 10.7. The number of nitriles is 2. The van der Waals surface area contributed by atoms with Crippen molar-refractivity contribution in [1.82, 2.24) is 14.8 Å². The van der Waals surface area contributed by atoms with Gasteiger partial charge in [-0.25, -0.2) is 32.0 Å². The molecule has 118 valence electrons. The Balaban J connectivity index is 2.71. The zero-order valence-electron chi connectivity index (χ0n) is 10.9. The molecule has 0 amide bonds. The molecular formula is C11H5ClF2N6O2S. The van der Waals surface area contributed by atoms with Gasteiger partial charge in [-0.2, -0.15) is 15.6 Å². The number of hydrogen-bond donors (Lipinski definition) is 1. The zero-order valence-corrected chi connectivity index (χ0v) is 12.5. The van der Waals surface area contributed by atoms with Gasteiger partial charge in [-0.05, 0) is 12.1 Å². The van der Waals surface area contributed by atoms with Gasteiger partial charge in [0.2, 0.25) is 10.0 Å². The SMILES string of the molecule is N#Cc1nc(-n2nc(C(F)F)c(C#N)c2Cl)ccc1S(N)(=O)=O. The van der Waals surface area contributed by atoms with E-state index in [4.69, 9.17) is 27.3 Å². The molecule has 0 radical (unpaired) electrons. The Morgan fingerprint density at radius 3 is 2.39 bits per heavy atom. The van der Waals surface area contributed by atoms with E-state index in [0.29, 0.717) is 4.68 Å². The lowest BCUT2D eigenvalue weighted by Crippen LogP contribution is -2.15. The second-order valence-corrected chi connectivity index (χ2v) is 5.94. The van der Waals surface area contributed by atoms with Crippen molar-refractivity contribution in [3.8, 4) is 18.0 Å². The number of alkyl halides is 2. The predicted molar refractivity (Wildman–Crippen MR) is 72.1 cm³/mol. The molecule has 2 aromatic rings. The van der Waals surface area contributed by atoms with Crippen molar-refractivity contribution in [3.05, 3.63) is 34.2 Å². The van der Waals surface area contributed by atoms with E-state index >= 15 is 0 Å². The summed E-state index contributed by atoms with van der Waals surface area (Å²) >= 11 is 5.81. The van der Waals surface area contributed by atoms with Crippen molar-refractivity contribution in [3.63, 3.8) is 0 Å². The van der Waals surface area contributed by atoms with Gasteiger partial charge in [0.15, 0.2) is 16.7 Å². The molecule has 2 N–H and O–H groups in total. The molecule has 0 unspecified atom stereocenters. The summed E-state index contributed by atoms with van der Waals surface area (Å²) in [5, 5.41) is 25.8. The molecule has 2 aromatic heterocycles. The molecule has 0 saturated heterocycles. The Bertz CT molecular complexity index is 974. The summed E-state index contributed by atoms with van der Waals surface area (Å²) in [6, 6.07) is 5.04. The summed E-state index contributed by atoms with van der Waals surface area (Å²) in [4.78, 5) is 3.14. The van der Waals surface area contributed by atoms with Crippen molar-refractivity contribution in [1.29, 1.82) is 10.5 Å². The standard InChI is InChI=1S/C11H5ClF2N6O2S/c12-10-5(3-15)9(11(13)14)19-20(10)8-2-1-7(23(17,21)22)6(4-16)18-8/h1-2,11H,(H2,17,21,22). The Morgan fingerprint density at radius 1 is 1.30 bits per heavy atom. The maximum absolute atomic E-state index is 12.8. The third-order valence-electron chi connectivity index (χ3n) is 2.65. The summed E-state index contributed by atoms with van der Waals surface area (Å²) in [5.74, 6) is -0.220. The number of rotatable bonds is 3. The van der Waals surface area contributed by atoms with Crippen LogP contribution in [0.15, 0.2) is 17.0 Å². The highest BCUT2D eigenvalue weighted by Crippen LogP contribution is 2.29. The zero-order chi connectivity index (χ0) is 17.4. The largest absolute Gasteiger partial charge is 0.283 e. The third-order valence-corrected chi connectivity index (χ3v) is 3.94. The minimum Gasteiger partial charge on any atom is -0.225 e. The van der Waals surface area contributed by atoms with Gasteiger partial charge in [-0.1, -0.05) is 11.6 Å². The van der Waals surface area contributed by atoms with E-state index in [1.54, 1.807) is 0 Å². The molecule has 0 aliphatic heterocycles. The van der Waals surface area contributed by atoms with E-state index in [2.05, 4.69) is 10.1 Å². The Hall–Kier alpha value is -2.60. The first-order valence-electron chi connectivity index (χ1n) is 5.61. The van der Waals surface area contributed by atoms with Crippen LogP contribution in [0, 0.1) is 22.7 Å². The molecule has 0 bridgehead atoms. The molecule has 0 aliphatic carbocycles. The molecule has 0 atom stereocenters. The molecule has 0 aromatic carbocycles. The quantitative estimate of drug-likeness (QED) is 0.875. The predicted octanol–water partition coefficient (Wildman–Crippen LogP) is 1.25. The highest BCUT2D eigenvalue weighted by Gasteiger charge is 2.25. The Kier molecular flexibility index (Phi) is 4.29. The summed E-state index contributed by atoms with van der Waals surface area (Å²) in [7, 11) is -4.20. The Morgan fingerprint density at radius 2 is 1.96 bits per heavy atom. The highest BCUT2D eigenvalue weighted by molar-refractivity contribution is 7.89. The van der Waals surface area contributed by atoms with Gasteiger partial charge in [0.25, 0.3) is 6.43 Å². The molecular weight excluding hydrogens is 354 g/mol. The highest BCUT2D eigenvalue weighted by atomic mass is 35.5. The summed E-state index contributed by atoms with van der Waals surface area (Å²) in [5.41, 5.74) is -1.96. The molecule has 0 aliphatic rings. The van der Waals surface area contributed by atoms with Crippen LogP contribution in [-0.2, 0) is 10.0 Å². The minimum absolute atomic E-state index is 0.220. The molecule has 12 heteroatoms. The normalized spacial score (nSPS) is 11.3. The van der Waals surface area contributed by atoms with E-state index in [9.17, 15) is 17.2 Å². The average Bonchev–Trinajstić information content (AvgIpc) is 2.82. The van der Waals surface area contributed by atoms with Gasteiger partial charge in [0.1, 0.15) is 28.3 Å². The lowest BCUT2D eigenvalue weighted by atomic mass is 10.3. The van der Waals surface area contributed by atoms with Crippen LogP contribution in [0.25, 0.3) is 5.82 Å². The van der Waals surface area contributed by atoms with Crippen molar-refractivity contribution < 1.29 is 17.2 Å². The van der Waals surface area contributed by atoms with E-state index in [0.717, 1.165) is 12.1 Å². The number of halogens is 3. The number of pyridine rings is 1. The summed E-state index contributed by atoms with van der Waals surface area (Å²) < 4.78 is 49.0. The van der Waals surface area contributed by atoms with Crippen molar-refractivity contribution in [2.75, 3.05) is 0 Å². The average molecular weight is 359 g/mol. The van der Waals surface area contributed by atoms with Crippen LogP contribution < -0.4 is 5.14 Å². The molecule has 23 heavy (non-hydrogen) atoms. The molecule has 2 rings (SSSR count). The Labute approximate surface area is 133 Å². The molecule has 0 saturated carbocycles. The lowest BCUT2D eigenvalue weighted by Gasteiger charge is -2.05. The third kappa shape index (κ3) is 2.98. The van der Waals surface area contributed by atoms with Gasteiger partial charge in [0.05, 0.1) is 0 Å². The topological polar surface area (TPSA) is 138 Å². The number of hydrogen-bond acceptors (Lipinski definition) is 6. The minimum atomic E-state index is -4.20. The van der Waals surface area contributed by atoms with Crippen molar-refractivity contribution >= 4 is 21.6 Å². The summed E-state index contributed by atoms with van der Waals surface area (Å²) in [6.45, 7) is 0. The van der Waals surface area contributed by atoms with Crippen LogP contribution in [0.2, 0.25) is 5.15 Å². The lowest BCUT2D eigenvalue weighted by molar-refractivity contribution is 0.145. The van der Waals surface area contributed by atoms with Gasteiger partial charge in [-0.15, -0.1) is 0 Å². The van der Waals surface area contributed by atoms with Crippen molar-refractivity contribution in [2.24, 2.45) is 5.14 Å². The monoisotopic (exact) mass is 358 g/mol. The van der Waals surface area contributed by atoms with E-state index in [-0.39, 0.29) is 5.82 Å². The van der Waals surface area contributed by atoms with Gasteiger partial charge in [-0.3, -0.25) is 0 Å². The fourth-order valence-corrected chi connectivity index (χ4v) is 2.57. The number of nitrogens with two attached hydrogens (primary N) is 1. The molecule has 0 fully saturated rings. The van der Waals surface area contributed by atoms with Crippen LogP contribution >= 0.6 is 11.6 Å². The van der Waals surface area contributed by atoms with Gasteiger partial charge in [0, 0.05) is 0 Å². The van der Waals surface area contributed by atoms with Crippen LogP contribution in [0.3, 0.4) is 0 Å².